The number of carbonyl (C=O) groups is 1. The zero-order valence-electron chi connectivity index (χ0n) is 9.01. The van der Waals surface area contributed by atoms with Crippen molar-refractivity contribution >= 4 is 5.97 Å². The third kappa shape index (κ3) is 1.70. The topological polar surface area (TPSA) is 77.9 Å². The molecule has 0 unspecified atom stereocenters. The molecule has 2 aliphatic rings. The van der Waals surface area contributed by atoms with Crippen molar-refractivity contribution in [1.82, 2.24) is 4.98 Å². The first-order valence-electron chi connectivity index (χ1n) is 5.38. The fourth-order valence-corrected chi connectivity index (χ4v) is 2.01. The number of carboxylic acids is 1. The number of carboxylic acid groups (broad SMARTS) is 1. The van der Waals surface area contributed by atoms with Crippen molar-refractivity contribution in [3.8, 4) is 11.5 Å². The Kier molecular flexibility index (Phi) is 2.19. The van der Waals surface area contributed by atoms with Gasteiger partial charge in [0.1, 0.15) is 0 Å². The Balaban J connectivity index is 1.89. The number of aromatic carboxylic acids is 1. The summed E-state index contributed by atoms with van der Waals surface area (Å²) < 4.78 is 16.7. The number of fused-ring (bicyclic) bond motifs is 1. The van der Waals surface area contributed by atoms with Crippen molar-refractivity contribution in [1.29, 1.82) is 0 Å². The normalized spacial score (nSPS) is 20.5. The molecule has 0 saturated carbocycles. The van der Waals surface area contributed by atoms with Crippen molar-refractivity contribution < 1.29 is 24.1 Å². The summed E-state index contributed by atoms with van der Waals surface area (Å²) in [6.07, 6.45) is 2.65. The van der Waals surface area contributed by atoms with Crippen molar-refractivity contribution in [2.45, 2.75) is 18.6 Å². The molecule has 0 radical (unpaired) electrons. The molecule has 0 aliphatic carbocycles. The summed E-state index contributed by atoms with van der Waals surface area (Å²) >= 11 is 0. The van der Waals surface area contributed by atoms with Crippen LogP contribution in [0.3, 0.4) is 0 Å². The van der Waals surface area contributed by atoms with E-state index in [-0.39, 0.29) is 5.69 Å². The summed E-state index contributed by atoms with van der Waals surface area (Å²) in [4.78, 5) is 14.6. The highest BCUT2D eigenvalue weighted by Crippen LogP contribution is 2.43. The number of nitrogens with zero attached hydrogens (tertiary/aromatic N) is 1. The van der Waals surface area contributed by atoms with E-state index in [4.69, 9.17) is 19.3 Å². The highest BCUT2D eigenvalue weighted by Gasteiger charge is 2.43. The van der Waals surface area contributed by atoms with Gasteiger partial charge < -0.3 is 19.3 Å². The predicted molar refractivity (Wildman–Crippen MR) is 55.2 cm³/mol. The van der Waals surface area contributed by atoms with Crippen molar-refractivity contribution in [3.05, 3.63) is 18.0 Å². The van der Waals surface area contributed by atoms with Gasteiger partial charge >= 0.3 is 5.97 Å². The van der Waals surface area contributed by atoms with Crippen LogP contribution >= 0.6 is 0 Å². The monoisotopic (exact) mass is 237 g/mol. The number of aromatic nitrogens is 1. The van der Waals surface area contributed by atoms with Gasteiger partial charge in [-0.25, -0.2) is 9.78 Å². The van der Waals surface area contributed by atoms with Crippen LogP contribution in [0, 0.1) is 0 Å². The molecule has 3 rings (SSSR count). The molecule has 1 spiro atoms. The lowest BCUT2D eigenvalue weighted by molar-refractivity contribution is -0.143. The molecule has 17 heavy (non-hydrogen) atoms. The number of hydrogen-bond donors (Lipinski definition) is 1. The highest BCUT2D eigenvalue weighted by molar-refractivity contribution is 5.86. The number of ether oxygens (including phenoxy) is 3. The van der Waals surface area contributed by atoms with Crippen LogP contribution in [-0.4, -0.2) is 35.1 Å². The SMILES string of the molecule is O=C(O)c1cc2c(cn1)OC1(CCOCC1)O2. The third-order valence-electron chi connectivity index (χ3n) is 2.90. The first-order chi connectivity index (χ1) is 8.19. The molecule has 0 amide bonds. The van der Waals surface area contributed by atoms with Gasteiger partial charge in [0.2, 0.25) is 0 Å². The van der Waals surface area contributed by atoms with E-state index in [1.54, 1.807) is 0 Å². The van der Waals surface area contributed by atoms with E-state index in [2.05, 4.69) is 4.98 Å². The smallest absolute Gasteiger partial charge is 0.354 e. The number of rotatable bonds is 1. The number of hydrogen-bond acceptors (Lipinski definition) is 5. The molecule has 1 aromatic heterocycles. The number of pyridine rings is 1. The molecule has 1 aromatic rings. The minimum Gasteiger partial charge on any atom is -0.477 e. The minimum absolute atomic E-state index is 0.0449. The maximum Gasteiger partial charge on any atom is 0.354 e. The van der Waals surface area contributed by atoms with Gasteiger partial charge in [-0.2, -0.15) is 0 Å². The molecule has 0 bridgehead atoms. The van der Waals surface area contributed by atoms with Gasteiger partial charge in [-0.1, -0.05) is 0 Å². The molecular formula is C11H11NO5. The van der Waals surface area contributed by atoms with Crippen LogP contribution in [0.5, 0.6) is 11.5 Å². The molecule has 1 saturated heterocycles. The molecule has 0 aromatic carbocycles. The first-order valence-corrected chi connectivity index (χ1v) is 5.38. The molecule has 6 nitrogen and oxygen atoms in total. The Morgan fingerprint density at radius 3 is 2.71 bits per heavy atom. The Morgan fingerprint density at radius 2 is 2.00 bits per heavy atom. The molecule has 6 heteroatoms. The van der Waals surface area contributed by atoms with Crippen LogP contribution in [-0.2, 0) is 4.74 Å². The Morgan fingerprint density at radius 1 is 1.29 bits per heavy atom. The summed E-state index contributed by atoms with van der Waals surface area (Å²) in [5, 5.41) is 8.84. The van der Waals surface area contributed by atoms with Gasteiger partial charge in [0.25, 0.3) is 5.79 Å². The van der Waals surface area contributed by atoms with Gasteiger partial charge in [-0.3, -0.25) is 0 Å². The van der Waals surface area contributed by atoms with Crippen LogP contribution in [0.25, 0.3) is 0 Å². The first kappa shape index (κ1) is 10.3. The van der Waals surface area contributed by atoms with E-state index in [1.165, 1.54) is 12.3 Å². The molecule has 2 aliphatic heterocycles. The van der Waals surface area contributed by atoms with Gasteiger partial charge in [-0.05, 0) is 0 Å². The summed E-state index contributed by atoms with van der Waals surface area (Å²) in [5.41, 5.74) is -0.0449. The molecule has 90 valence electrons. The summed E-state index contributed by atoms with van der Waals surface area (Å²) in [6, 6.07) is 1.39. The van der Waals surface area contributed by atoms with Gasteiger partial charge in [-0.15, -0.1) is 0 Å². The van der Waals surface area contributed by atoms with Gasteiger partial charge in [0.05, 0.1) is 19.4 Å². The zero-order valence-corrected chi connectivity index (χ0v) is 9.01. The van der Waals surface area contributed by atoms with Crippen LogP contribution in [0.15, 0.2) is 12.3 Å². The second-order valence-electron chi connectivity index (χ2n) is 4.05. The third-order valence-corrected chi connectivity index (χ3v) is 2.90. The standard InChI is InChI=1S/C11H11NO5/c13-10(14)7-5-8-9(6-12-7)17-11(16-8)1-3-15-4-2-11/h5-6H,1-4H2,(H,13,14). The fourth-order valence-electron chi connectivity index (χ4n) is 2.01. The molecular weight excluding hydrogens is 226 g/mol. The summed E-state index contributed by atoms with van der Waals surface area (Å²) in [7, 11) is 0. The summed E-state index contributed by atoms with van der Waals surface area (Å²) in [6.45, 7) is 1.15. The van der Waals surface area contributed by atoms with Crippen molar-refractivity contribution in [2.75, 3.05) is 13.2 Å². The Labute approximate surface area is 97.1 Å². The fraction of sp³-hybridized carbons (Fsp3) is 0.455. The van der Waals surface area contributed by atoms with E-state index in [1.807, 2.05) is 0 Å². The largest absolute Gasteiger partial charge is 0.477 e. The zero-order chi connectivity index (χ0) is 11.9. The van der Waals surface area contributed by atoms with Gasteiger partial charge in [0, 0.05) is 18.9 Å². The quantitative estimate of drug-likeness (QED) is 0.786. The van der Waals surface area contributed by atoms with E-state index < -0.39 is 11.8 Å². The highest BCUT2D eigenvalue weighted by atomic mass is 16.7. The lowest BCUT2D eigenvalue weighted by Crippen LogP contribution is -2.43. The molecule has 3 heterocycles. The predicted octanol–water partition coefficient (Wildman–Crippen LogP) is 1.06. The second-order valence-corrected chi connectivity index (χ2v) is 4.05. The van der Waals surface area contributed by atoms with E-state index in [9.17, 15) is 4.79 Å². The average molecular weight is 237 g/mol. The maximum atomic E-state index is 10.8. The molecule has 1 fully saturated rings. The van der Waals surface area contributed by atoms with Gasteiger partial charge in [0.15, 0.2) is 17.2 Å². The van der Waals surface area contributed by atoms with Crippen molar-refractivity contribution in [2.24, 2.45) is 0 Å². The van der Waals surface area contributed by atoms with Crippen molar-refractivity contribution in [3.63, 3.8) is 0 Å². The average Bonchev–Trinajstić information content (AvgIpc) is 2.66. The van der Waals surface area contributed by atoms with E-state index in [0.29, 0.717) is 37.6 Å². The van der Waals surface area contributed by atoms with E-state index in [0.717, 1.165) is 0 Å². The Hall–Kier alpha value is -1.82. The lowest BCUT2D eigenvalue weighted by atomic mass is 10.1. The van der Waals surface area contributed by atoms with E-state index >= 15 is 0 Å². The summed E-state index contributed by atoms with van der Waals surface area (Å²) in [5.74, 6) is -0.833. The maximum absolute atomic E-state index is 10.8. The van der Waals surface area contributed by atoms with Crippen LogP contribution in [0.2, 0.25) is 0 Å². The Bertz CT molecular complexity index is 467. The van der Waals surface area contributed by atoms with Crippen LogP contribution < -0.4 is 9.47 Å². The lowest BCUT2D eigenvalue weighted by Gasteiger charge is -2.31. The van der Waals surface area contributed by atoms with Crippen LogP contribution in [0.4, 0.5) is 0 Å². The molecule has 0 atom stereocenters. The molecule has 1 N–H and O–H groups in total. The van der Waals surface area contributed by atoms with Crippen LogP contribution in [0.1, 0.15) is 23.3 Å². The minimum atomic E-state index is -1.08. The second kappa shape index (κ2) is 3.59.